The van der Waals surface area contributed by atoms with Crippen LogP contribution in [-0.2, 0) is 10.8 Å². The fourth-order valence-corrected chi connectivity index (χ4v) is 11.9. The summed E-state index contributed by atoms with van der Waals surface area (Å²) in [5, 5.41) is 0. The van der Waals surface area contributed by atoms with Gasteiger partial charge in [0, 0.05) is 11.1 Å². The van der Waals surface area contributed by atoms with Crippen molar-refractivity contribution in [1.82, 2.24) is 4.98 Å². The first-order valence-electron chi connectivity index (χ1n) is 22.0. The van der Waals surface area contributed by atoms with Crippen LogP contribution < -0.4 is 0 Å². The van der Waals surface area contributed by atoms with Crippen molar-refractivity contribution in [3.05, 3.63) is 281 Å². The third-order valence-corrected chi connectivity index (χ3v) is 14.4. The lowest BCUT2D eigenvalue weighted by atomic mass is 9.51. The fourth-order valence-electron chi connectivity index (χ4n) is 11.9. The molecular weight excluding hydrogens is 759 g/mol. The maximum Gasteiger partial charge on any atom is 0.0744 e. The molecule has 0 saturated heterocycles. The molecule has 63 heavy (non-hydrogen) atoms. The molecule has 0 fully saturated rings. The summed E-state index contributed by atoms with van der Waals surface area (Å²) in [5.41, 5.74) is 25.0. The van der Waals surface area contributed by atoms with E-state index in [1.807, 2.05) is 0 Å². The zero-order valence-electron chi connectivity index (χ0n) is 34.9. The van der Waals surface area contributed by atoms with Crippen molar-refractivity contribution in [3.8, 4) is 67.0 Å². The van der Waals surface area contributed by atoms with Gasteiger partial charge in [0.2, 0.25) is 0 Å². The Morgan fingerprint density at radius 2 is 0.667 bits per heavy atom. The second kappa shape index (κ2) is 13.6. The summed E-state index contributed by atoms with van der Waals surface area (Å²) >= 11 is 0. The summed E-state index contributed by atoms with van der Waals surface area (Å²) < 4.78 is 0. The third kappa shape index (κ3) is 4.80. The van der Waals surface area contributed by atoms with Gasteiger partial charge < -0.3 is 0 Å². The number of nitrogens with zero attached hydrogens (tertiary/aromatic N) is 1. The smallest absolute Gasteiger partial charge is 0.0744 e. The first-order chi connectivity index (χ1) is 31.2. The lowest BCUT2D eigenvalue weighted by Gasteiger charge is -2.49. The molecule has 13 rings (SSSR count). The van der Waals surface area contributed by atoms with Crippen LogP contribution in [0.25, 0.3) is 67.0 Å². The highest BCUT2D eigenvalue weighted by atomic mass is 14.7. The summed E-state index contributed by atoms with van der Waals surface area (Å²) in [4.78, 5) is 5.40. The van der Waals surface area contributed by atoms with Gasteiger partial charge in [-0.25, -0.2) is 4.98 Å². The molecule has 0 unspecified atom stereocenters. The summed E-state index contributed by atoms with van der Waals surface area (Å²) in [6.07, 6.45) is 0. The van der Waals surface area contributed by atoms with Gasteiger partial charge in [-0.15, -0.1) is 0 Å². The monoisotopic (exact) mass is 799 g/mol. The van der Waals surface area contributed by atoms with Gasteiger partial charge in [-0.2, -0.15) is 0 Å². The van der Waals surface area contributed by atoms with Crippen LogP contribution in [0.5, 0.6) is 0 Å². The molecule has 0 atom stereocenters. The average molecular weight is 800 g/mol. The van der Waals surface area contributed by atoms with Crippen LogP contribution in [0.3, 0.4) is 0 Å². The number of fused-ring (bicyclic) bond motifs is 16. The molecule has 1 heterocycles. The van der Waals surface area contributed by atoms with E-state index in [1.54, 1.807) is 0 Å². The Bertz CT molecular complexity index is 3360. The average Bonchev–Trinajstić information content (AvgIpc) is 3.82. The summed E-state index contributed by atoms with van der Waals surface area (Å²) in [7, 11) is 0. The first kappa shape index (κ1) is 35.8. The zero-order chi connectivity index (χ0) is 41.7. The Morgan fingerprint density at radius 3 is 1.21 bits per heavy atom. The van der Waals surface area contributed by atoms with Gasteiger partial charge in [-0.05, 0) is 108 Å². The highest BCUT2D eigenvalue weighted by Gasteiger charge is 2.59. The fraction of sp³-hybridized carbons (Fsp3) is 0.0484. The van der Waals surface area contributed by atoms with Crippen LogP contribution in [0.15, 0.2) is 231 Å². The minimum atomic E-state index is -0.571. The van der Waals surface area contributed by atoms with E-state index in [4.69, 9.17) is 4.98 Å². The van der Waals surface area contributed by atoms with E-state index >= 15 is 0 Å². The van der Waals surface area contributed by atoms with Crippen LogP contribution in [0.1, 0.15) is 50.1 Å². The van der Waals surface area contributed by atoms with Crippen LogP contribution in [-0.4, -0.2) is 4.98 Å². The normalized spacial score (nSPS) is 14.0. The molecule has 294 valence electrons. The zero-order valence-corrected chi connectivity index (χ0v) is 34.9. The quantitative estimate of drug-likeness (QED) is 0.173. The lowest BCUT2D eigenvalue weighted by Crippen LogP contribution is -2.44. The lowest BCUT2D eigenvalue weighted by molar-refractivity contribution is 0.634. The maximum atomic E-state index is 5.40. The Balaban J connectivity index is 1.10. The van der Waals surface area contributed by atoms with E-state index in [-0.39, 0.29) is 0 Å². The molecule has 0 N–H and O–H groups in total. The van der Waals surface area contributed by atoms with E-state index in [0.29, 0.717) is 0 Å². The predicted octanol–water partition coefficient (Wildman–Crippen LogP) is 15.1. The second-order valence-corrected chi connectivity index (χ2v) is 17.3. The van der Waals surface area contributed by atoms with Gasteiger partial charge in [0.1, 0.15) is 0 Å². The molecule has 0 aliphatic heterocycles. The van der Waals surface area contributed by atoms with Gasteiger partial charge in [0.15, 0.2) is 0 Å². The van der Waals surface area contributed by atoms with Crippen molar-refractivity contribution in [1.29, 1.82) is 0 Å². The molecular formula is C62H41N. The van der Waals surface area contributed by atoms with E-state index in [9.17, 15) is 0 Å². The topological polar surface area (TPSA) is 12.9 Å². The third-order valence-electron chi connectivity index (χ3n) is 14.4. The molecule has 9 aromatic carbocycles. The minimum Gasteiger partial charge on any atom is -0.247 e. The van der Waals surface area contributed by atoms with Crippen LogP contribution in [0.2, 0.25) is 0 Å². The minimum absolute atomic E-state index is 0.528. The molecule has 1 aromatic heterocycles. The molecule has 0 amide bonds. The Morgan fingerprint density at radius 1 is 0.286 bits per heavy atom. The Hall–Kier alpha value is -7.87. The van der Waals surface area contributed by atoms with Gasteiger partial charge in [0.25, 0.3) is 0 Å². The Labute approximate surface area is 368 Å². The summed E-state index contributed by atoms with van der Waals surface area (Å²) in [6, 6.07) is 85.9. The summed E-state index contributed by atoms with van der Waals surface area (Å²) in [5.74, 6) is 0. The maximum absolute atomic E-state index is 5.40. The highest BCUT2D eigenvalue weighted by Crippen LogP contribution is 2.68. The van der Waals surface area contributed by atoms with Crippen molar-refractivity contribution in [2.75, 3.05) is 0 Å². The van der Waals surface area contributed by atoms with Gasteiger partial charge in [-0.3, -0.25) is 0 Å². The molecule has 10 aromatic rings. The first-order valence-corrected chi connectivity index (χ1v) is 22.0. The van der Waals surface area contributed by atoms with E-state index in [1.165, 1.54) is 94.6 Å². The van der Waals surface area contributed by atoms with Crippen molar-refractivity contribution in [2.45, 2.75) is 17.8 Å². The number of hydrogen-bond donors (Lipinski definition) is 0. The van der Waals surface area contributed by atoms with E-state index in [0.717, 1.165) is 22.5 Å². The molecule has 0 saturated carbocycles. The molecule has 2 spiro atoms. The van der Waals surface area contributed by atoms with Crippen molar-refractivity contribution in [2.24, 2.45) is 0 Å². The molecule has 3 aliphatic carbocycles. The number of benzene rings is 9. The van der Waals surface area contributed by atoms with E-state index < -0.39 is 10.8 Å². The van der Waals surface area contributed by atoms with Gasteiger partial charge in [0.05, 0.1) is 22.2 Å². The van der Waals surface area contributed by atoms with Crippen LogP contribution in [0, 0.1) is 6.92 Å². The number of hydrogen-bond acceptors (Lipinski definition) is 1. The molecule has 1 nitrogen and oxygen atoms in total. The van der Waals surface area contributed by atoms with Crippen LogP contribution in [0.4, 0.5) is 0 Å². The highest BCUT2D eigenvalue weighted by molar-refractivity contribution is 5.96. The molecule has 0 radical (unpaired) electrons. The largest absolute Gasteiger partial charge is 0.247 e. The predicted molar refractivity (Wildman–Crippen MR) is 259 cm³/mol. The van der Waals surface area contributed by atoms with Crippen LogP contribution >= 0.6 is 0 Å². The number of aromatic nitrogens is 1. The van der Waals surface area contributed by atoms with Crippen molar-refractivity contribution >= 4 is 0 Å². The Kier molecular flexibility index (Phi) is 7.72. The number of pyridine rings is 1. The van der Waals surface area contributed by atoms with Gasteiger partial charge in [-0.1, -0.05) is 224 Å². The SMILES string of the molecule is Cc1c(-c2ccccc2)cc(-c2ccccc2)nc1-c1ccc(-c2cccc3c2C2(c4ccccc4-c4ccccc42)c2ccccc2C32c3ccccc3-c3ccccc32)cc1. The second-order valence-electron chi connectivity index (χ2n) is 17.3. The molecule has 3 aliphatic rings. The molecule has 1 heteroatoms. The standard InChI is InChI=1S/C62H41N/c1-40-50(41-19-4-2-5-20-41)39-58(43-21-6-3-7-22-43)63-60(40)44-37-35-42(36-38-44)45-27-18-34-57-59(45)62(53-30-14-10-25-48(53)49-26-11-15-31-54(49)62)56-33-17-16-32-55(56)61(57)51-28-12-8-23-46(51)47-24-9-13-29-52(47)61/h2-39H,1H3. The number of rotatable bonds is 4. The van der Waals surface area contributed by atoms with E-state index in [2.05, 4.69) is 237 Å². The molecule has 0 bridgehead atoms. The van der Waals surface area contributed by atoms with Gasteiger partial charge >= 0.3 is 0 Å². The van der Waals surface area contributed by atoms with Crippen molar-refractivity contribution < 1.29 is 0 Å². The van der Waals surface area contributed by atoms with Crippen molar-refractivity contribution in [3.63, 3.8) is 0 Å². The summed E-state index contributed by atoms with van der Waals surface area (Å²) in [6.45, 7) is 2.22.